The lowest BCUT2D eigenvalue weighted by atomic mass is 10.2. The van der Waals surface area contributed by atoms with Gasteiger partial charge in [-0.15, -0.1) is 0 Å². The minimum absolute atomic E-state index is 0.146. The molecule has 154 valence electrons. The first-order chi connectivity index (χ1) is 15.0. The van der Waals surface area contributed by atoms with Crippen LogP contribution >= 0.6 is 0 Å². The van der Waals surface area contributed by atoms with Crippen LogP contribution in [0.15, 0.2) is 72.3 Å². The van der Waals surface area contributed by atoms with Gasteiger partial charge in [-0.25, -0.2) is 4.98 Å². The van der Waals surface area contributed by atoms with Crippen molar-refractivity contribution in [1.29, 1.82) is 0 Å². The van der Waals surface area contributed by atoms with Gasteiger partial charge in [0.15, 0.2) is 0 Å². The Kier molecular flexibility index (Phi) is 4.55. The molecule has 0 aliphatic rings. The predicted octanol–water partition coefficient (Wildman–Crippen LogP) is 2.77. The van der Waals surface area contributed by atoms with Crippen LogP contribution in [0, 0.1) is 0 Å². The summed E-state index contributed by atoms with van der Waals surface area (Å²) in [5.74, 6) is 1.16. The van der Waals surface area contributed by atoms with Crippen molar-refractivity contribution in [1.82, 2.24) is 34.1 Å². The summed E-state index contributed by atoms with van der Waals surface area (Å²) in [4.78, 5) is 21.8. The summed E-state index contributed by atoms with van der Waals surface area (Å²) in [6.07, 6.45) is 8.70. The Morgan fingerprint density at radius 1 is 1.00 bits per heavy atom. The molecule has 4 heterocycles. The highest BCUT2D eigenvalue weighted by atomic mass is 16.5. The van der Waals surface area contributed by atoms with E-state index in [1.807, 2.05) is 38.6 Å². The molecule has 0 unspecified atom stereocenters. The van der Waals surface area contributed by atoms with Crippen molar-refractivity contribution in [2.75, 3.05) is 0 Å². The molecule has 0 saturated carbocycles. The zero-order valence-corrected chi connectivity index (χ0v) is 17.0. The maximum atomic E-state index is 13.0. The number of ether oxygens (including phenoxy) is 1. The van der Waals surface area contributed by atoms with Gasteiger partial charge in [0, 0.05) is 44.3 Å². The number of pyridine rings is 1. The highest BCUT2D eigenvalue weighted by Gasteiger charge is 2.09. The van der Waals surface area contributed by atoms with Crippen molar-refractivity contribution in [2.24, 2.45) is 14.1 Å². The average Bonchev–Trinajstić information content (AvgIpc) is 3.39. The van der Waals surface area contributed by atoms with Crippen molar-refractivity contribution in [2.45, 2.75) is 6.54 Å². The smallest absolute Gasteiger partial charge is 0.261 e. The largest absolute Gasteiger partial charge is 0.457 e. The van der Waals surface area contributed by atoms with Gasteiger partial charge in [0.2, 0.25) is 0 Å². The molecule has 0 aliphatic carbocycles. The highest BCUT2D eigenvalue weighted by Crippen LogP contribution is 2.26. The minimum atomic E-state index is -0.146. The molecule has 0 fully saturated rings. The number of hydrogen-bond acceptors (Lipinski definition) is 6. The summed E-state index contributed by atoms with van der Waals surface area (Å²) in [7, 11) is 3.70. The van der Waals surface area contributed by atoms with Crippen molar-refractivity contribution >= 4 is 10.9 Å². The predicted molar refractivity (Wildman–Crippen MR) is 115 cm³/mol. The Bertz CT molecular complexity index is 1450. The third-order valence-corrected chi connectivity index (χ3v) is 4.86. The third-order valence-electron chi connectivity index (χ3n) is 4.86. The molecule has 0 saturated heterocycles. The molecule has 0 atom stereocenters. The van der Waals surface area contributed by atoms with Crippen LogP contribution in [-0.2, 0) is 20.6 Å². The van der Waals surface area contributed by atoms with Gasteiger partial charge in [-0.05, 0) is 30.3 Å². The molecule has 5 rings (SSSR count). The first-order valence-electron chi connectivity index (χ1n) is 9.66. The van der Waals surface area contributed by atoms with Crippen LogP contribution in [0.3, 0.4) is 0 Å². The molecule has 31 heavy (non-hydrogen) atoms. The highest BCUT2D eigenvalue weighted by molar-refractivity contribution is 5.79. The quantitative estimate of drug-likeness (QED) is 0.440. The summed E-state index contributed by atoms with van der Waals surface area (Å²) in [6, 6.07) is 10.8. The van der Waals surface area contributed by atoms with E-state index in [1.165, 1.54) is 0 Å². The normalized spacial score (nSPS) is 11.2. The second kappa shape index (κ2) is 7.52. The Balaban J connectivity index is 1.45. The lowest BCUT2D eigenvalue weighted by molar-refractivity contribution is 0.483. The van der Waals surface area contributed by atoms with Crippen molar-refractivity contribution in [3.8, 4) is 22.8 Å². The Morgan fingerprint density at radius 2 is 1.87 bits per heavy atom. The van der Waals surface area contributed by atoms with E-state index in [2.05, 4.69) is 20.2 Å². The summed E-state index contributed by atoms with van der Waals surface area (Å²) in [5.41, 5.74) is 2.91. The molecule has 9 nitrogen and oxygen atoms in total. The van der Waals surface area contributed by atoms with Gasteiger partial charge in [0.1, 0.15) is 11.5 Å². The van der Waals surface area contributed by atoms with Crippen LogP contribution < -0.4 is 10.3 Å². The number of aromatic nitrogens is 7. The summed E-state index contributed by atoms with van der Waals surface area (Å²) in [5, 5.41) is 8.99. The molecule has 0 bridgehead atoms. The van der Waals surface area contributed by atoms with E-state index >= 15 is 0 Å². The van der Waals surface area contributed by atoms with Crippen LogP contribution in [0.4, 0.5) is 0 Å². The fraction of sp³-hybridized carbons (Fsp3) is 0.136. The number of benzene rings is 1. The van der Waals surface area contributed by atoms with Gasteiger partial charge in [-0.2, -0.15) is 10.2 Å². The summed E-state index contributed by atoms with van der Waals surface area (Å²) in [6.45, 7) is 0.354. The molecule has 0 N–H and O–H groups in total. The summed E-state index contributed by atoms with van der Waals surface area (Å²) < 4.78 is 11.0. The first kappa shape index (κ1) is 18.7. The van der Waals surface area contributed by atoms with Gasteiger partial charge in [0.25, 0.3) is 5.56 Å². The third kappa shape index (κ3) is 3.80. The van der Waals surface area contributed by atoms with Crippen molar-refractivity contribution in [3.05, 3.63) is 83.6 Å². The van der Waals surface area contributed by atoms with Gasteiger partial charge in [-0.3, -0.25) is 23.7 Å². The lowest BCUT2D eigenvalue weighted by Crippen LogP contribution is -2.21. The molecule has 0 amide bonds. The van der Waals surface area contributed by atoms with Crippen LogP contribution in [-0.4, -0.2) is 34.1 Å². The second-order valence-corrected chi connectivity index (χ2v) is 7.22. The number of nitrogens with zero attached hydrogens (tertiary/aromatic N) is 7. The molecular formula is C22H19N7O2. The van der Waals surface area contributed by atoms with E-state index in [4.69, 9.17) is 4.74 Å². The average molecular weight is 413 g/mol. The topological polar surface area (TPSA) is 92.7 Å². The maximum Gasteiger partial charge on any atom is 0.261 e. The molecule has 0 aliphatic heterocycles. The number of rotatable bonds is 5. The number of aryl methyl sites for hydroxylation is 2. The van der Waals surface area contributed by atoms with E-state index in [0.717, 1.165) is 17.0 Å². The SMILES string of the molecule is Cn1cc(-c2cc(Oc3ccc4ncn(Cc5ccn(C)n5)c(=O)c4c3)ccn2)cn1. The van der Waals surface area contributed by atoms with Gasteiger partial charge in [-0.1, -0.05) is 0 Å². The van der Waals surface area contributed by atoms with Crippen LogP contribution in [0.1, 0.15) is 5.69 Å². The zero-order chi connectivity index (χ0) is 21.4. The minimum Gasteiger partial charge on any atom is -0.457 e. The van der Waals surface area contributed by atoms with E-state index in [9.17, 15) is 4.79 Å². The number of fused-ring (bicyclic) bond motifs is 1. The second-order valence-electron chi connectivity index (χ2n) is 7.22. The standard InChI is InChI=1S/C22H19N7O2/c1-27-8-6-16(26-27)13-29-14-24-20-4-3-17(9-19(20)22(29)30)31-18-5-7-23-21(10-18)15-11-25-28(2)12-15/h3-12,14H,13H2,1-2H3. The number of hydrogen-bond donors (Lipinski definition) is 0. The van der Waals surface area contributed by atoms with E-state index in [1.54, 1.807) is 56.9 Å². The fourth-order valence-corrected chi connectivity index (χ4v) is 3.36. The van der Waals surface area contributed by atoms with Crippen LogP contribution in [0.25, 0.3) is 22.2 Å². The molecule has 5 aromatic rings. The van der Waals surface area contributed by atoms with E-state index in [0.29, 0.717) is 28.9 Å². The molecule has 1 aromatic carbocycles. The first-order valence-corrected chi connectivity index (χ1v) is 9.66. The molecular weight excluding hydrogens is 394 g/mol. The Morgan fingerprint density at radius 3 is 2.65 bits per heavy atom. The Labute approximate surface area is 177 Å². The summed E-state index contributed by atoms with van der Waals surface area (Å²) >= 11 is 0. The monoisotopic (exact) mass is 413 g/mol. The lowest BCUT2D eigenvalue weighted by Gasteiger charge is -2.09. The molecule has 4 aromatic heterocycles. The van der Waals surface area contributed by atoms with Crippen LogP contribution in [0.2, 0.25) is 0 Å². The van der Waals surface area contributed by atoms with Crippen LogP contribution in [0.5, 0.6) is 11.5 Å². The zero-order valence-electron chi connectivity index (χ0n) is 17.0. The Hall–Kier alpha value is -4.27. The maximum absolute atomic E-state index is 13.0. The van der Waals surface area contributed by atoms with Gasteiger partial charge in [0.05, 0.1) is 41.4 Å². The molecule has 9 heteroatoms. The fourth-order valence-electron chi connectivity index (χ4n) is 3.36. The van der Waals surface area contributed by atoms with Crippen molar-refractivity contribution in [3.63, 3.8) is 0 Å². The van der Waals surface area contributed by atoms with E-state index < -0.39 is 0 Å². The van der Waals surface area contributed by atoms with Gasteiger partial charge >= 0.3 is 0 Å². The van der Waals surface area contributed by atoms with E-state index in [-0.39, 0.29) is 5.56 Å². The van der Waals surface area contributed by atoms with Gasteiger partial charge < -0.3 is 4.74 Å². The molecule has 0 radical (unpaired) electrons. The van der Waals surface area contributed by atoms with Crippen molar-refractivity contribution < 1.29 is 4.74 Å². The molecule has 0 spiro atoms.